The van der Waals surface area contributed by atoms with Crippen molar-refractivity contribution in [2.75, 3.05) is 34.7 Å². The van der Waals surface area contributed by atoms with Crippen molar-refractivity contribution in [3.05, 3.63) is 23.8 Å². The standard InChI is InChI=1S/C15H24N3.H2O4S/c1-12-11-13(8-9-14(12)18(3,4)5)16-15-7-6-10-17(15)2;1-5(2,3)4/h8-9,11H,6-7,10H2,1-5H3;(H2,1,2,3,4)/q+1;/p-2. The van der Waals surface area contributed by atoms with Crippen LogP contribution in [-0.4, -0.2) is 63.0 Å². The molecule has 1 heterocycles. The van der Waals surface area contributed by atoms with E-state index in [9.17, 15) is 0 Å². The Labute approximate surface area is 138 Å². The van der Waals surface area contributed by atoms with Crippen molar-refractivity contribution >= 4 is 27.6 Å². The number of likely N-dealkylation sites (tertiary alicyclic amines) is 1. The minimum Gasteiger partial charge on any atom is -0.759 e. The molecule has 1 aromatic carbocycles. The van der Waals surface area contributed by atoms with Crippen LogP contribution < -0.4 is 4.48 Å². The van der Waals surface area contributed by atoms with E-state index in [1.807, 2.05) is 0 Å². The van der Waals surface area contributed by atoms with Gasteiger partial charge in [-0.3, -0.25) is 12.9 Å². The SMILES string of the molecule is Cc1cc(N=C2CCCN2C)ccc1[N+](C)(C)C.O=S(=O)([O-])[O-]. The fraction of sp³-hybridized carbons (Fsp3) is 0.533. The molecule has 0 spiro atoms. The molecule has 0 amide bonds. The highest BCUT2D eigenvalue weighted by Gasteiger charge is 2.17. The molecule has 7 nitrogen and oxygen atoms in total. The van der Waals surface area contributed by atoms with Crippen LogP contribution in [0.2, 0.25) is 0 Å². The van der Waals surface area contributed by atoms with Gasteiger partial charge >= 0.3 is 0 Å². The highest BCUT2D eigenvalue weighted by Crippen LogP contribution is 2.27. The molecule has 0 bridgehead atoms. The van der Waals surface area contributed by atoms with Crippen LogP contribution in [0.1, 0.15) is 18.4 Å². The van der Waals surface area contributed by atoms with Crippen molar-refractivity contribution < 1.29 is 17.5 Å². The Morgan fingerprint density at radius 3 is 2.17 bits per heavy atom. The second-order valence-corrected chi connectivity index (χ2v) is 7.26. The highest BCUT2D eigenvalue weighted by molar-refractivity contribution is 7.79. The molecule has 130 valence electrons. The van der Waals surface area contributed by atoms with Gasteiger partial charge in [0.25, 0.3) is 0 Å². The van der Waals surface area contributed by atoms with Crippen LogP contribution in [-0.2, 0) is 10.4 Å². The van der Waals surface area contributed by atoms with Gasteiger partial charge in [0.15, 0.2) is 0 Å². The van der Waals surface area contributed by atoms with Crippen molar-refractivity contribution in [2.45, 2.75) is 19.8 Å². The maximum atomic E-state index is 8.52. The second-order valence-electron chi connectivity index (χ2n) is 6.44. The third-order valence-electron chi connectivity index (χ3n) is 3.50. The molecule has 0 unspecified atom stereocenters. The van der Waals surface area contributed by atoms with Crippen LogP contribution in [0.4, 0.5) is 11.4 Å². The van der Waals surface area contributed by atoms with Crippen LogP contribution in [0.15, 0.2) is 23.2 Å². The van der Waals surface area contributed by atoms with Gasteiger partial charge in [-0.1, -0.05) is 0 Å². The largest absolute Gasteiger partial charge is 0.759 e. The zero-order valence-corrected chi connectivity index (χ0v) is 15.1. The van der Waals surface area contributed by atoms with Crippen molar-refractivity contribution in [3.8, 4) is 0 Å². The van der Waals surface area contributed by atoms with E-state index in [-0.39, 0.29) is 0 Å². The molecular formula is C15H24N3O4S-. The summed E-state index contributed by atoms with van der Waals surface area (Å²) in [5.74, 6) is 1.22. The smallest absolute Gasteiger partial charge is 0.135 e. The van der Waals surface area contributed by atoms with Crippen molar-refractivity contribution in [1.29, 1.82) is 0 Å². The van der Waals surface area contributed by atoms with Crippen LogP contribution in [0, 0.1) is 6.92 Å². The van der Waals surface area contributed by atoms with Gasteiger partial charge < -0.3 is 14.0 Å². The van der Waals surface area contributed by atoms with E-state index in [4.69, 9.17) is 22.5 Å². The quantitative estimate of drug-likeness (QED) is 0.462. The number of benzene rings is 1. The zero-order valence-electron chi connectivity index (χ0n) is 14.2. The molecule has 2 rings (SSSR count). The molecule has 8 heteroatoms. The molecule has 1 saturated heterocycles. The van der Waals surface area contributed by atoms with Gasteiger partial charge in [-0.2, -0.15) is 0 Å². The molecule has 0 aromatic heterocycles. The van der Waals surface area contributed by atoms with Crippen LogP contribution in [0.25, 0.3) is 0 Å². The average molecular weight is 342 g/mol. The maximum absolute atomic E-state index is 8.52. The summed E-state index contributed by atoms with van der Waals surface area (Å²) < 4.78 is 34.9. The lowest BCUT2D eigenvalue weighted by Gasteiger charge is -2.25. The molecule has 0 N–H and O–H groups in total. The first-order chi connectivity index (χ1) is 10.4. The maximum Gasteiger partial charge on any atom is 0.135 e. The fourth-order valence-corrected chi connectivity index (χ4v) is 2.55. The number of rotatable bonds is 2. The summed E-state index contributed by atoms with van der Waals surface area (Å²) >= 11 is 0. The second kappa shape index (κ2) is 7.39. The highest BCUT2D eigenvalue weighted by atomic mass is 32.3. The summed E-state index contributed by atoms with van der Waals surface area (Å²) in [5.41, 5.74) is 3.73. The Hall–Kier alpha value is -1.48. The number of aliphatic imine (C=N–C) groups is 1. The van der Waals surface area contributed by atoms with Crippen molar-refractivity contribution in [1.82, 2.24) is 9.38 Å². The number of hydrogen-bond acceptors (Lipinski definition) is 5. The van der Waals surface area contributed by atoms with E-state index >= 15 is 0 Å². The Morgan fingerprint density at radius 2 is 1.78 bits per heavy atom. The Kier molecular flexibility index (Phi) is 6.29. The van der Waals surface area contributed by atoms with Gasteiger partial charge in [0, 0.05) is 42.0 Å². The van der Waals surface area contributed by atoms with Gasteiger partial charge in [0.1, 0.15) is 11.5 Å². The molecule has 0 saturated carbocycles. The predicted molar refractivity (Wildman–Crippen MR) is 90.2 cm³/mol. The molecule has 0 atom stereocenters. The Bertz CT molecular complexity index is 670. The van der Waals surface area contributed by atoms with E-state index in [1.165, 1.54) is 23.5 Å². The van der Waals surface area contributed by atoms with Crippen LogP contribution in [0.5, 0.6) is 0 Å². The van der Waals surface area contributed by atoms with Gasteiger partial charge in [0.05, 0.1) is 26.8 Å². The molecule has 1 aromatic rings. The summed E-state index contributed by atoms with van der Waals surface area (Å²) in [6, 6.07) is 6.52. The predicted octanol–water partition coefficient (Wildman–Crippen LogP) is 1.61. The van der Waals surface area contributed by atoms with E-state index in [0.29, 0.717) is 0 Å². The molecule has 0 radical (unpaired) electrons. The minimum atomic E-state index is -5.17. The van der Waals surface area contributed by atoms with Gasteiger partial charge in [-0.15, -0.1) is 0 Å². The summed E-state index contributed by atoms with van der Waals surface area (Å²) in [5, 5.41) is 0. The van der Waals surface area contributed by atoms with E-state index < -0.39 is 10.4 Å². The third-order valence-corrected chi connectivity index (χ3v) is 3.50. The lowest BCUT2D eigenvalue weighted by molar-refractivity contribution is 0.352. The van der Waals surface area contributed by atoms with E-state index in [1.54, 1.807) is 0 Å². The van der Waals surface area contributed by atoms with Gasteiger partial charge in [0.2, 0.25) is 0 Å². The van der Waals surface area contributed by atoms with Crippen molar-refractivity contribution in [2.24, 2.45) is 4.99 Å². The molecule has 1 aliphatic rings. The third kappa shape index (κ3) is 7.08. The van der Waals surface area contributed by atoms with Gasteiger partial charge in [-0.25, -0.2) is 4.99 Å². The topological polar surface area (TPSA) is 95.9 Å². The summed E-state index contributed by atoms with van der Waals surface area (Å²) in [7, 11) is 3.54. The number of aryl methyl sites for hydroxylation is 1. The first-order valence-electron chi connectivity index (χ1n) is 7.26. The van der Waals surface area contributed by atoms with Crippen LogP contribution in [0.3, 0.4) is 0 Å². The molecule has 0 aliphatic carbocycles. The first-order valence-corrected chi connectivity index (χ1v) is 8.59. The summed E-state index contributed by atoms with van der Waals surface area (Å²) in [6.07, 6.45) is 2.33. The number of hydrogen-bond donors (Lipinski definition) is 0. The molecule has 1 aliphatic heterocycles. The number of nitrogens with zero attached hydrogens (tertiary/aromatic N) is 3. The zero-order chi connectivity index (χ0) is 17.8. The molecule has 1 fully saturated rings. The number of amidine groups is 1. The summed E-state index contributed by atoms with van der Waals surface area (Å²) in [6.45, 7) is 3.30. The molecule has 23 heavy (non-hydrogen) atoms. The summed E-state index contributed by atoms with van der Waals surface area (Å²) in [4.78, 5) is 7.01. The minimum absolute atomic E-state index is 0.850. The van der Waals surface area contributed by atoms with Crippen molar-refractivity contribution in [3.63, 3.8) is 0 Å². The Balaban J connectivity index is 0.000000463. The fourth-order valence-electron chi connectivity index (χ4n) is 2.55. The lowest BCUT2D eigenvalue weighted by atomic mass is 10.1. The molecular weight excluding hydrogens is 318 g/mol. The van der Waals surface area contributed by atoms with Crippen LogP contribution >= 0.6 is 0 Å². The lowest BCUT2D eigenvalue weighted by Crippen LogP contribution is -2.35. The Morgan fingerprint density at radius 1 is 1.22 bits per heavy atom. The number of quaternary nitrogens is 1. The normalized spacial score (nSPS) is 17.2. The van der Waals surface area contributed by atoms with E-state index in [0.717, 1.165) is 23.1 Å². The van der Waals surface area contributed by atoms with E-state index in [2.05, 4.69) is 58.2 Å². The monoisotopic (exact) mass is 342 g/mol. The van der Waals surface area contributed by atoms with Gasteiger partial charge in [-0.05, 0) is 25.5 Å². The average Bonchev–Trinajstić information content (AvgIpc) is 2.71. The first kappa shape index (κ1) is 19.6.